The van der Waals surface area contributed by atoms with Gasteiger partial charge in [0.1, 0.15) is 12.0 Å². The molecule has 134 valence electrons. The predicted molar refractivity (Wildman–Crippen MR) is 88.4 cm³/mol. The molecule has 4 unspecified atom stereocenters. The number of nitrogens with one attached hydrogen (secondary N) is 1. The Kier molecular flexibility index (Phi) is 4.87. The van der Waals surface area contributed by atoms with Crippen molar-refractivity contribution in [2.24, 2.45) is 5.92 Å². The van der Waals surface area contributed by atoms with Crippen molar-refractivity contribution in [2.75, 3.05) is 7.11 Å². The number of methoxy groups -OCH3 is 1. The molecule has 1 aliphatic heterocycles. The molecule has 0 bridgehead atoms. The SMILES string of the molecule is COC(=O)C1C(=O)NC(c2ccncc2)C([N+](=O)[O-])C1c1ccncc1. The molecule has 9 nitrogen and oxygen atoms in total. The molecule has 3 rings (SSSR count). The second-order valence-electron chi connectivity index (χ2n) is 5.85. The molecule has 0 radical (unpaired) electrons. The Labute approximate surface area is 148 Å². The molecule has 2 aromatic heterocycles. The highest BCUT2D eigenvalue weighted by molar-refractivity contribution is 6.00. The minimum Gasteiger partial charge on any atom is -0.468 e. The molecule has 0 aromatic carbocycles. The fourth-order valence-corrected chi connectivity index (χ4v) is 3.36. The summed E-state index contributed by atoms with van der Waals surface area (Å²) in [4.78, 5) is 44.2. The van der Waals surface area contributed by atoms with E-state index in [2.05, 4.69) is 15.3 Å². The Morgan fingerprint density at radius 3 is 2.15 bits per heavy atom. The van der Waals surface area contributed by atoms with Gasteiger partial charge in [-0.2, -0.15) is 0 Å². The van der Waals surface area contributed by atoms with Crippen molar-refractivity contribution in [2.45, 2.75) is 18.0 Å². The maximum Gasteiger partial charge on any atom is 0.319 e. The van der Waals surface area contributed by atoms with Crippen LogP contribution in [0.15, 0.2) is 49.1 Å². The van der Waals surface area contributed by atoms with Crippen molar-refractivity contribution in [3.63, 3.8) is 0 Å². The van der Waals surface area contributed by atoms with Crippen LogP contribution < -0.4 is 5.32 Å². The van der Waals surface area contributed by atoms with Crippen molar-refractivity contribution in [3.05, 3.63) is 70.3 Å². The number of nitrogens with zero attached hydrogens (tertiary/aromatic N) is 3. The van der Waals surface area contributed by atoms with Crippen LogP contribution in [0.3, 0.4) is 0 Å². The average molecular weight is 356 g/mol. The Balaban J connectivity index is 2.14. The standard InChI is InChI=1S/C17H16N4O5/c1-26-17(23)13-12(10-2-6-18-7-3-10)15(21(24)25)14(20-16(13)22)11-4-8-19-9-5-11/h2-9,12-15H,1H3,(H,20,22). The van der Waals surface area contributed by atoms with Crippen LogP contribution in [0.25, 0.3) is 0 Å². The number of ether oxygens (including phenoxy) is 1. The number of aromatic nitrogens is 2. The van der Waals surface area contributed by atoms with Crippen molar-refractivity contribution in [1.82, 2.24) is 15.3 Å². The molecule has 3 heterocycles. The summed E-state index contributed by atoms with van der Waals surface area (Å²) in [6.07, 6.45) is 5.92. The fraction of sp³-hybridized carbons (Fsp3) is 0.294. The number of nitro groups is 1. The summed E-state index contributed by atoms with van der Waals surface area (Å²) in [5.41, 5.74) is 1.02. The maximum atomic E-state index is 12.7. The molecule has 1 amide bonds. The molecule has 1 fully saturated rings. The first-order valence-corrected chi connectivity index (χ1v) is 7.86. The highest BCUT2D eigenvalue weighted by atomic mass is 16.6. The van der Waals surface area contributed by atoms with Gasteiger partial charge in [-0.15, -0.1) is 0 Å². The molecule has 0 aliphatic carbocycles. The van der Waals surface area contributed by atoms with Gasteiger partial charge in [0.15, 0.2) is 0 Å². The van der Waals surface area contributed by atoms with Crippen LogP contribution in [-0.4, -0.2) is 39.9 Å². The van der Waals surface area contributed by atoms with E-state index in [1.807, 2.05) is 0 Å². The van der Waals surface area contributed by atoms with Gasteiger partial charge in [-0.1, -0.05) is 0 Å². The third-order valence-corrected chi connectivity index (χ3v) is 4.50. The number of rotatable bonds is 4. The highest BCUT2D eigenvalue weighted by Gasteiger charge is 2.55. The predicted octanol–water partition coefficient (Wildman–Crippen LogP) is 0.866. The number of esters is 1. The van der Waals surface area contributed by atoms with E-state index in [1.165, 1.54) is 24.8 Å². The van der Waals surface area contributed by atoms with Crippen LogP contribution in [0.2, 0.25) is 0 Å². The van der Waals surface area contributed by atoms with Gasteiger partial charge in [-0.25, -0.2) is 0 Å². The molecule has 1 aliphatic rings. The van der Waals surface area contributed by atoms with E-state index in [0.29, 0.717) is 11.1 Å². The molecule has 0 spiro atoms. The molecule has 1 N–H and O–H groups in total. The van der Waals surface area contributed by atoms with Gasteiger partial charge in [0, 0.05) is 29.7 Å². The summed E-state index contributed by atoms with van der Waals surface area (Å²) in [7, 11) is 1.15. The Bertz CT molecular complexity index is 814. The zero-order valence-electron chi connectivity index (χ0n) is 13.8. The topological polar surface area (TPSA) is 124 Å². The third-order valence-electron chi connectivity index (χ3n) is 4.50. The number of hydrogen-bond acceptors (Lipinski definition) is 7. The van der Waals surface area contributed by atoms with Crippen molar-refractivity contribution in [1.29, 1.82) is 0 Å². The van der Waals surface area contributed by atoms with Crippen LogP contribution in [-0.2, 0) is 14.3 Å². The minimum atomic E-state index is -1.32. The quantitative estimate of drug-likeness (QED) is 0.373. The number of carbonyl (C=O) groups is 2. The molecule has 0 saturated carbocycles. The molecule has 9 heteroatoms. The lowest BCUT2D eigenvalue weighted by atomic mass is 9.73. The second-order valence-corrected chi connectivity index (χ2v) is 5.85. The second kappa shape index (κ2) is 7.26. The van der Waals surface area contributed by atoms with Gasteiger partial charge in [-0.3, -0.25) is 29.7 Å². The Hall–Kier alpha value is -3.36. The zero-order valence-corrected chi connectivity index (χ0v) is 13.8. The molecule has 4 atom stereocenters. The number of pyridine rings is 2. The number of carbonyl (C=O) groups excluding carboxylic acids is 2. The maximum absolute atomic E-state index is 12.7. The lowest BCUT2D eigenvalue weighted by molar-refractivity contribution is -0.534. The summed E-state index contributed by atoms with van der Waals surface area (Å²) < 4.78 is 4.73. The van der Waals surface area contributed by atoms with Gasteiger partial charge in [0.2, 0.25) is 11.9 Å². The van der Waals surface area contributed by atoms with Crippen molar-refractivity contribution in [3.8, 4) is 0 Å². The largest absolute Gasteiger partial charge is 0.468 e. The molecular formula is C17H16N4O5. The average Bonchev–Trinajstić information content (AvgIpc) is 2.67. The third kappa shape index (κ3) is 3.10. The summed E-state index contributed by atoms with van der Waals surface area (Å²) in [5.74, 6) is -3.74. The van der Waals surface area contributed by atoms with E-state index >= 15 is 0 Å². The van der Waals surface area contributed by atoms with Gasteiger partial charge >= 0.3 is 5.97 Å². The Morgan fingerprint density at radius 2 is 1.65 bits per heavy atom. The summed E-state index contributed by atoms with van der Waals surface area (Å²) in [5, 5.41) is 14.6. The molecular weight excluding hydrogens is 340 g/mol. The minimum absolute atomic E-state index is 0.467. The van der Waals surface area contributed by atoms with E-state index in [9.17, 15) is 19.7 Å². The summed E-state index contributed by atoms with van der Waals surface area (Å²) in [6.45, 7) is 0. The number of amides is 1. The van der Waals surface area contributed by atoms with Gasteiger partial charge in [-0.05, 0) is 35.4 Å². The van der Waals surface area contributed by atoms with E-state index in [1.54, 1.807) is 24.3 Å². The molecule has 2 aromatic rings. The number of piperidine rings is 1. The molecule has 1 saturated heterocycles. The lowest BCUT2D eigenvalue weighted by Gasteiger charge is -2.37. The van der Waals surface area contributed by atoms with E-state index in [4.69, 9.17) is 4.74 Å². The normalized spacial score (nSPS) is 25.2. The smallest absolute Gasteiger partial charge is 0.319 e. The van der Waals surface area contributed by atoms with Gasteiger partial charge in [0.05, 0.1) is 13.0 Å². The first-order chi connectivity index (χ1) is 12.5. The first-order valence-electron chi connectivity index (χ1n) is 7.86. The van der Waals surface area contributed by atoms with E-state index < -0.39 is 40.7 Å². The van der Waals surface area contributed by atoms with Crippen LogP contribution in [0, 0.1) is 16.0 Å². The van der Waals surface area contributed by atoms with Crippen LogP contribution in [0.4, 0.5) is 0 Å². The van der Waals surface area contributed by atoms with E-state index in [-0.39, 0.29) is 0 Å². The van der Waals surface area contributed by atoms with Crippen LogP contribution in [0.5, 0.6) is 0 Å². The molecule has 26 heavy (non-hydrogen) atoms. The van der Waals surface area contributed by atoms with E-state index in [0.717, 1.165) is 7.11 Å². The first kappa shape index (κ1) is 17.5. The van der Waals surface area contributed by atoms with Crippen molar-refractivity contribution >= 4 is 11.9 Å². The highest BCUT2D eigenvalue weighted by Crippen LogP contribution is 2.40. The van der Waals surface area contributed by atoms with Crippen LogP contribution >= 0.6 is 0 Å². The van der Waals surface area contributed by atoms with Gasteiger partial charge in [0.25, 0.3) is 0 Å². The summed E-state index contributed by atoms with van der Waals surface area (Å²) in [6, 6.07) is 4.17. The number of hydrogen-bond donors (Lipinski definition) is 1. The zero-order chi connectivity index (χ0) is 18.7. The van der Waals surface area contributed by atoms with Gasteiger partial charge < -0.3 is 10.1 Å². The summed E-state index contributed by atoms with van der Waals surface area (Å²) >= 11 is 0. The lowest BCUT2D eigenvalue weighted by Crippen LogP contribution is -2.56. The van der Waals surface area contributed by atoms with Crippen molar-refractivity contribution < 1.29 is 19.2 Å². The monoisotopic (exact) mass is 356 g/mol. The Morgan fingerprint density at radius 1 is 1.12 bits per heavy atom. The fourth-order valence-electron chi connectivity index (χ4n) is 3.36. The van der Waals surface area contributed by atoms with Crippen LogP contribution in [0.1, 0.15) is 23.1 Å².